The Morgan fingerprint density at radius 3 is 2.88 bits per heavy atom. The third-order valence-electron chi connectivity index (χ3n) is 2.21. The lowest BCUT2D eigenvalue weighted by molar-refractivity contribution is 0.326. The maximum absolute atomic E-state index is 5.31. The Hall–Kier alpha value is -2.10. The lowest BCUT2D eigenvalue weighted by atomic mass is 10.1. The van der Waals surface area contributed by atoms with Crippen LogP contribution in [0.15, 0.2) is 30.6 Å². The predicted octanol–water partition coefficient (Wildman–Crippen LogP) is 2.35. The molecule has 0 atom stereocenters. The molecule has 0 aromatic carbocycles. The van der Waals surface area contributed by atoms with Gasteiger partial charge in [0.05, 0.1) is 19.8 Å². The molecule has 0 amide bonds. The maximum atomic E-state index is 5.31. The van der Waals surface area contributed by atoms with E-state index in [1.807, 2.05) is 25.1 Å². The zero-order valence-corrected chi connectivity index (χ0v) is 9.80. The largest absolute Gasteiger partial charge is 0.481 e. The number of hydrogen-bond donors (Lipinski definition) is 0. The summed E-state index contributed by atoms with van der Waals surface area (Å²) < 4.78 is 10.5. The highest BCUT2D eigenvalue weighted by atomic mass is 16.5. The fourth-order valence-corrected chi connectivity index (χ4v) is 1.49. The predicted molar refractivity (Wildman–Crippen MR) is 64.0 cm³/mol. The molecule has 4 heteroatoms. The molecule has 0 saturated heterocycles. The van der Waals surface area contributed by atoms with Gasteiger partial charge in [0.2, 0.25) is 11.8 Å². The van der Waals surface area contributed by atoms with Crippen molar-refractivity contribution in [1.82, 2.24) is 9.97 Å². The summed E-state index contributed by atoms with van der Waals surface area (Å²) in [6.45, 7) is 2.48. The van der Waals surface area contributed by atoms with Crippen molar-refractivity contribution >= 4 is 0 Å². The van der Waals surface area contributed by atoms with Gasteiger partial charge < -0.3 is 9.47 Å². The molecule has 2 heterocycles. The molecule has 0 aliphatic rings. The van der Waals surface area contributed by atoms with E-state index in [-0.39, 0.29) is 0 Å². The summed E-state index contributed by atoms with van der Waals surface area (Å²) in [7, 11) is 1.59. The molecule has 0 unspecified atom stereocenters. The Bertz CT molecular complexity index is 500. The maximum Gasteiger partial charge on any atom is 0.222 e. The fraction of sp³-hybridized carbons (Fsp3) is 0.231. The molecule has 4 nitrogen and oxygen atoms in total. The molecule has 0 aliphatic carbocycles. The Labute approximate surface area is 100 Å². The van der Waals surface area contributed by atoms with Gasteiger partial charge in [0.25, 0.3) is 0 Å². The molecule has 1 radical (unpaired) electrons. The van der Waals surface area contributed by atoms with Crippen molar-refractivity contribution in [3.63, 3.8) is 0 Å². The molecule has 2 aromatic rings. The van der Waals surface area contributed by atoms with Crippen molar-refractivity contribution in [2.45, 2.75) is 6.92 Å². The van der Waals surface area contributed by atoms with E-state index in [9.17, 15) is 0 Å². The highest BCUT2D eigenvalue weighted by molar-refractivity contribution is 5.68. The highest BCUT2D eigenvalue weighted by Crippen LogP contribution is 2.28. The Morgan fingerprint density at radius 2 is 2.12 bits per heavy atom. The minimum atomic E-state index is 0.482. The molecule has 0 N–H and O–H groups in total. The van der Waals surface area contributed by atoms with Gasteiger partial charge in [0.15, 0.2) is 0 Å². The first-order valence-electron chi connectivity index (χ1n) is 5.35. The molecular formula is C13H13N2O2. The second-order valence-corrected chi connectivity index (χ2v) is 3.28. The molecule has 2 aromatic heterocycles. The van der Waals surface area contributed by atoms with Crippen LogP contribution in [0.1, 0.15) is 6.92 Å². The smallest absolute Gasteiger partial charge is 0.222 e. The van der Waals surface area contributed by atoms with Crippen LogP contribution in [0.25, 0.3) is 11.1 Å². The van der Waals surface area contributed by atoms with E-state index in [1.165, 1.54) is 0 Å². The number of aromatic nitrogens is 2. The van der Waals surface area contributed by atoms with Crippen molar-refractivity contribution in [2.75, 3.05) is 13.7 Å². The van der Waals surface area contributed by atoms with Gasteiger partial charge in [0.1, 0.15) is 0 Å². The summed E-state index contributed by atoms with van der Waals surface area (Å²) in [6.07, 6.45) is 3.37. The summed E-state index contributed by atoms with van der Waals surface area (Å²) in [6, 6.07) is 8.71. The molecule has 87 valence electrons. The van der Waals surface area contributed by atoms with Crippen molar-refractivity contribution in [3.05, 3.63) is 36.7 Å². The van der Waals surface area contributed by atoms with Gasteiger partial charge >= 0.3 is 0 Å². The zero-order valence-electron chi connectivity index (χ0n) is 9.80. The van der Waals surface area contributed by atoms with Crippen molar-refractivity contribution < 1.29 is 9.47 Å². The van der Waals surface area contributed by atoms with Gasteiger partial charge in [-0.3, -0.25) is 0 Å². The number of pyridine rings is 2. The van der Waals surface area contributed by atoms with E-state index >= 15 is 0 Å². The molecule has 17 heavy (non-hydrogen) atoms. The molecule has 0 spiro atoms. The highest BCUT2D eigenvalue weighted by Gasteiger charge is 2.07. The zero-order chi connectivity index (χ0) is 12.1. The first-order valence-corrected chi connectivity index (χ1v) is 5.35. The summed E-state index contributed by atoms with van der Waals surface area (Å²) in [5.41, 5.74) is 1.73. The second-order valence-electron chi connectivity index (χ2n) is 3.28. The number of hydrogen-bond acceptors (Lipinski definition) is 4. The van der Waals surface area contributed by atoms with Crippen LogP contribution in [-0.4, -0.2) is 23.7 Å². The van der Waals surface area contributed by atoms with E-state index in [0.29, 0.717) is 18.4 Å². The summed E-state index contributed by atoms with van der Waals surface area (Å²) in [4.78, 5) is 8.22. The molecule has 0 saturated carbocycles. The van der Waals surface area contributed by atoms with Gasteiger partial charge in [-0.1, -0.05) is 0 Å². The van der Waals surface area contributed by atoms with E-state index < -0.39 is 0 Å². The molecule has 0 aliphatic heterocycles. The minimum absolute atomic E-state index is 0.482. The summed E-state index contributed by atoms with van der Waals surface area (Å²) in [5.74, 6) is 1.05. The second kappa shape index (κ2) is 5.30. The Kier molecular flexibility index (Phi) is 3.55. The lowest BCUT2D eigenvalue weighted by Gasteiger charge is -2.07. The average Bonchev–Trinajstić information content (AvgIpc) is 2.39. The van der Waals surface area contributed by atoms with Crippen LogP contribution in [0.5, 0.6) is 11.8 Å². The first-order chi connectivity index (χ1) is 8.35. The van der Waals surface area contributed by atoms with Crippen LogP contribution >= 0.6 is 0 Å². The fourth-order valence-electron chi connectivity index (χ4n) is 1.49. The van der Waals surface area contributed by atoms with Crippen molar-refractivity contribution in [2.24, 2.45) is 0 Å². The topological polar surface area (TPSA) is 44.2 Å². The van der Waals surface area contributed by atoms with E-state index in [2.05, 4.69) is 16.0 Å². The Morgan fingerprint density at radius 1 is 1.24 bits per heavy atom. The standard InChI is InChI=1S/C13H13N2O2/c1-3-17-12-9-10(6-8-14-12)11-5-4-7-15-13(11)16-2/h4-8H,3H2,1-2H3. The number of ether oxygens (including phenoxy) is 2. The summed E-state index contributed by atoms with van der Waals surface area (Å²) in [5, 5.41) is 0. The lowest BCUT2D eigenvalue weighted by Crippen LogP contribution is -1.95. The molecule has 2 rings (SSSR count). The van der Waals surface area contributed by atoms with Crippen molar-refractivity contribution in [1.29, 1.82) is 0 Å². The summed E-state index contributed by atoms with van der Waals surface area (Å²) >= 11 is 0. The third-order valence-corrected chi connectivity index (χ3v) is 2.21. The van der Waals surface area contributed by atoms with Gasteiger partial charge in [-0.05, 0) is 25.1 Å². The quantitative estimate of drug-likeness (QED) is 0.807. The van der Waals surface area contributed by atoms with Crippen LogP contribution in [0.2, 0.25) is 0 Å². The van der Waals surface area contributed by atoms with E-state index in [1.54, 1.807) is 19.5 Å². The van der Waals surface area contributed by atoms with E-state index in [4.69, 9.17) is 9.47 Å². The first kappa shape index (κ1) is 11.4. The molecular weight excluding hydrogens is 216 g/mol. The molecule has 0 fully saturated rings. The minimum Gasteiger partial charge on any atom is -0.481 e. The number of rotatable bonds is 4. The van der Waals surface area contributed by atoms with Crippen LogP contribution in [0.3, 0.4) is 0 Å². The van der Waals surface area contributed by atoms with Crippen molar-refractivity contribution in [3.8, 4) is 22.9 Å². The van der Waals surface area contributed by atoms with Gasteiger partial charge in [-0.2, -0.15) is 0 Å². The van der Waals surface area contributed by atoms with Crippen LogP contribution in [0, 0.1) is 6.07 Å². The average molecular weight is 229 g/mol. The van der Waals surface area contributed by atoms with Gasteiger partial charge in [-0.15, -0.1) is 0 Å². The van der Waals surface area contributed by atoms with Crippen LogP contribution in [0.4, 0.5) is 0 Å². The van der Waals surface area contributed by atoms with E-state index in [0.717, 1.165) is 11.1 Å². The normalized spacial score (nSPS) is 10.0. The third kappa shape index (κ3) is 2.53. The SMILES string of the molecule is CCOc1[c]c(-c2cccnc2OC)ccn1. The molecule has 0 bridgehead atoms. The van der Waals surface area contributed by atoms with Crippen LogP contribution < -0.4 is 9.47 Å². The van der Waals surface area contributed by atoms with Gasteiger partial charge in [0, 0.05) is 23.5 Å². The number of nitrogens with zero attached hydrogens (tertiary/aromatic N) is 2. The Balaban J connectivity index is 2.41. The van der Waals surface area contributed by atoms with Gasteiger partial charge in [-0.25, -0.2) is 9.97 Å². The monoisotopic (exact) mass is 229 g/mol. The van der Waals surface area contributed by atoms with Crippen LogP contribution in [-0.2, 0) is 0 Å². The number of methoxy groups -OCH3 is 1.